The van der Waals surface area contributed by atoms with E-state index in [4.69, 9.17) is 5.11 Å². The van der Waals surface area contributed by atoms with Crippen LogP contribution in [0.2, 0.25) is 0 Å². The summed E-state index contributed by atoms with van der Waals surface area (Å²) in [5.74, 6) is 2.06. The molecular weight excluding hydrogens is 276 g/mol. The molecule has 2 rings (SSSR count). The Morgan fingerprint density at radius 1 is 1.14 bits per heavy atom. The van der Waals surface area contributed by atoms with Crippen LogP contribution >= 0.6 is 0 Å². The Morgan fingerprint density at radius 2 is 1.90 bits per heavy atom. The number of rotatable bonds is 2. The average molecular weight is 287 g/mol. The molecule has 2 aromatic rings. The van der Waals surface area contributed by atoms with Gasteiger partial charge in [-0.1, -0.05) is 30.0 Å². The number of aliphatic hydroxyl groups is 1. The first-order chi connectivity index (χ1) is 10.1. The molecule has 3 nitrogen and oxygen atoms in total. The third-order valence-electron chi connectivity index (χ3n) is 2.67. The minimum Gasteiger partial charge on any atom is -0.384 e. The maximum atomic E-state index is 13.6. The van der Waals surface area contributed by atoms with Crippen LogP contribution in [0.5, 0.6) is 0 Å². The molecule has 0 heterocycles. The third kappa shape index (κ3) is 3.44. The number of aliphatic hydroxyl groups excluding tert-OH is 1. The van der Waals surface area contributed by atoms with Crippen LogP contribution in [-0.2, 0) is 0 Å². The SMILES string of the molecule is O=C(Nc1ccccc1C#CCO)c1cccc(F)c1F. The first-order valence-corrected chi connectivity index (χ1v) is 6.07. The highest BCUT2D eigenvalue weighted by Gasteiger charge is 2.15. The van der Waals surface area contributed by atoms with Crippen LogP contribution < -0.4 is 5.32 Å². The van der Waals surface area contributed by atoms with E-state index in [0.29, 0.717) is 11.3 Å². The number of amides is 1. The first-order valence-electron chi connectivity index (χ1n) is 6.07. The molecule has 0 fully saturated rings. The van der Waals surface area contributed by atoms with Gasteiger partial charge in [0.25, 0.3) is 5.91 Å². The molecule has 0 bridgehead atoms. The Morgan fingerprint density at radius 3 is 2.67 bits per heavy atom. The summed E-state index contributed by atoms with van der Waals surface area (Å²) in [6, 6.07) is 9.98. The summed E-state index contributed by atoms with van der Waals surface area (Å²) < 4.78 is 26.7. The van der Waals surface area contributed by atoms with Gasteiger partial charge < -0.3 is 10.4 Å². The zero-order chi connectivity index (χ0) is 15.2. The molecule has 1 amide bonds. The van der Waals surface area contributed by atoms with E-state index in [2.05, 4.69) is 17.2 Å². The van der Waals surface area contributed by atoms with Crippen molar-refractivity contribution in [1.82, 2.24) is 0 Å². The lowest BCUT2D eigenvalue weighted by Crippen LogP contribution is -2.15. The smallest absolute Gasteiger partial charge is 0.258 e. The van der Waals surface area contributed by atoms with Gasteiger partial charge in [0.05, 0.1) is 11.3 Å². The van der Waals surface area contributed by atoms with E-state index in [1.165, 1.54) is 12.1 Å². The van der Waals surface area contributed by atoms with Crippen molar-refractivity contribution in [3.8, 4) is 11.8 Å². The van der Waals surface area contributed by atoms with Crippen LogP contribution in [0.25, 0.3) is 0 Å². The lowest BCUT2D eigenvalue weighted by molar-refractivity contribution is 0.102. The molecule has 5 heteroatoms. The van der Waals surface area contributed by atoms with Crippen molar-refractivity contribution in [3.05, 3.63) is 65.2 Å². The number of nitrogens with one attached hydrogen (secondary N) is 1. The Labute approximate surface area is 120 Å². The molecule has 2 aromatic carbocycles. The van der Waals surface area contributed by atoms with Crippen LogP contribution in [0, 0.1) is 23.5 Å². The van der Waals surface area contributed by atoms with Crippen molar-refractivity contribution >= 4 is 11.6 Å². The van der Waals surface area contributed by atoms with Crippen LogP contribution in [0.4, 0.5) is 14.5 Å². The number of para-hydroxylation sites is 1. The summed E-state index contributed by atoms with van der Waals surface area (Å²) in [5.41, 5.74) is 0.434. The van der Waals surface area contributed by atoms with Crippen molar-refractivity contribution in [3.63, 3.8) is 0 Å². The minimum absolute atomic E-state index is 0.319. The molecule has 2 N–H and O–H groups in total. The highest BCUT2D eigenvalue weighted by Crippen LogP contribution is 2.17. The number of hydrogen-bond acceptors (Lipinski definition) is 2. The topological polar surface area (TPSA) is 49.3 Å². The fraction of sp³-hybridized carbons (Fsp3) is 0.0625. The van der Waals surface area contributed by atoms with Crippen LogP contribution in [0.3, 0.4) is 0 Å². The molecule has 0 atom stereocenters. The second-order valence-corrected chi connectivity index (χ2v) is 4.06. The highest BCUT2D eigenvalue weighted by atomic mass is 19.2. The fourth-order valence-electron chi connectivity index (χ4n) is 1.70. The number of halogens is 2. The molecule has 0 aromatic heterocycles. The third-order valence-corrected chi connectivity index (χ3v) is 2.67. The molecule has 21 heavy (non-hydrogen) atoms. The summed E-state index contributed by atoms with van der Waals surface area (Å²) in [4.78, 5) is 12.0. The number of anilines is 1. The number of benzene rings is 2. The standard InChI is InChI=1S/C16H11F2NO2/c17-13-8-3-7-12(15(13)18)16(21)19-14-9-2-1-5-11(14)6-4-10-20/h1-3,5,7-9,20H,10H2,(H,19,21). The van der Waals surface area contributed by atoms with Gasteiger partial charge in [-0.15, -0.1) is 0 Å². The summed E-state index contributed by atoms with van der Waals surface area (Å²) in [5, 5.41) is 11.2. The molecule has 0 aliphatic heterocycles. The molecule has 0 unspecified atom stereocenters. The molecular formula is C16H11F2NO2. The average Bonchev–Trinajstić information content (AvgIpc) is 2.49. The Balaban J connectivity index is 2.30. The van der Waals surface area contributed by atoms with E-state index in [1.807, 2.05) is 0 Å². The van der Waals surface area contributed by atoms with Gasteiger partial charge >= 0.3 is 0 Å². The Hall–Kier alpha value is -2.71. The summed E-state index contributed by atoms with van der Waals surface area (Å²) >= 11 is 0. The van der Waals surface area contributed by atoms with Crippen LogP contribution in [0.15, 0.2) is 42.5 Å². The maximum absolute atomic E-state index is 13.6. The van der Waals surface area contributed by atoms with E-state index in [0.717, 1.165) is 6.07 Å². The van der Waals surface area contributed by atoms with E-state index in [9.17, 15) is 13.6 Å². The molecule has 106 valence electrons. The van der Waals surface area contributed by atoms with Gasteiger partial charge in [-0.3, -0.25) is 4.79 Å². The zero-order valence-corrected chi connectivity index (χ0v) is 10.9. The fourth-order valence-corrected chi connectivity index (χ4v) is 1.70. The maximum Gasteiger partial charge on any atom is 0.258 e. The van der Waals surface area contributed by atoms with Crippen LogP contribution in [-0.4, -0.2) is 17.6 Å². The predicted molar refractivity (Wildman–Crippen MR) is 74.7 cm³/mol. The molecule has 0 aliphatic rings. The van der Waals surface area contributed by atoms with E-state index in [-0.39, 0.29) is 12.2 Å². The molecule has 0 spiro atoms. The van der Waals surface area contributed by atoms with Crippen molar-refractivity contribution < 1.29 is 18.7 Å². The predicted octanol–water partition coefficient (Wildman–Crippen LogP) is 2.56. The second kappa shape index (κ2) is 6.64. The Bertz CT molecular complexity index is 733. The van der Waals surface area contributed by atoms with Crippen LogP contribution in [0.1, 0.15) is 15.9 Å². The van der Waals surface area contributed by atoms with Gasteiger partial charge in [-0.2, -0.15) is 0 Å². The molecule has 0 saturated carbocycles. The Kier molecular flexibility index (Phi) is 4.64. The monoisotopic (exact) mass is 287 g/mol. The van der Waals surface area contributed by atoms with E-state index in [1.54, 1.807) is 24.3 Å². The van der Waals surface area contributed by atoms with Gasteiger partial charge in [0, 0.05) is 5.56 Å². The number of carbonyl (C=O) groups excluding carboxylic acids is 1. The lowest BCUT2D eigenvalue weighted by atomic mass is 10.1. The zero-order valence-electron chi connectivity index (χ0n) is 10.9. The quantitative estimate of drug-likeness (QED) is 0.834. The first kappa shape index (κ1) is 14.7. The van der Waals surface area contributed by atoms with Crippen molar-refractivity contribution in [1.29, 1.82) is 0 Å². The summed E-state index contributed by atoms with van der Waals surface area (Å²) in [7, 11) is 0. The van der Waals surface area contributed by atoms with E-state index < -0.39 is 17.5 Å². The van der Waals surface area contributed by atoms with Crippen molar-refractivity contribution in [2.24, 2.45) is 0 Å². The minimum atomic E-state index is -1.20. The number of carbonyl (C=O) groups is 1. The van der Waals surface area contributed by atoms with Gasteiger partial charge in [0.1, 0.15) is 6.61 Å². The lowest BCUT2D eigenvalue weighted by Gasteiger charge is -2.08. The summed E-state index contributed by atoms with van der Waals surface area (Å²) in [6.45, 7) is -0.319. The highest BCUT2D eigenvalue weighted by molar-refractivity contribution is 6.05. The van der Waals surface area contributed by atoms with Crippen molar-refractivity contribution in [2.75, 3.05) is 11.9 Å². The van der Waals surface area contributed by atoms with Gasteiger partial charge in [-0.25, -0.2) is 8.78 Å². The van der Waals surface area contributed by atoms with Gasteiger partial charge in [-0.05, 0) is 24.3 Å². The van der Waals surface area contributed by atoms with Gasteiger partial charge in [0.2, 0.25) is 0 Å². The largest absolute Gasteiger partial charge is 0.384 e. The summed E-state index contributed by atoms with van der Waals surface area (Å²) in [6.07, 6.45) is 0. The molecule has 0 aliphatic carbocycles. The molecule has 0 saturated heterocycles. The number of hydrogen-bond donors (Lipinski definition) is 2. The molecule has 0 radical (unpaired) electrons. The van der Waals surface area contributed by atoms with Gasteiger partial charge in [0.15, 0.2) is 11.6 Å². The second-order valence-electron chi connectivity index (χ2n) is 4.06. The van der Waals surface area contributed by atoms with E-state index >= 15 is 0 Å². The normalized spacial score (nSPS) is 9.67. The van der Waals surface area contributed by atoms with Crippen molar-refractivity contribution in [2.45, 2.75) is 0 Å².